The van der Waals surface area contributed by atoms with Crippen molar-refractivity contribution >= 4 is 28.0 Å². The molecule has 3 aromatic heterocycles. The molecule has 5 heterocycles. The Balaban J connectivity index is 1.60. The number of aromatic nitrogens is 6. The molecule has 2 saturated heterocycles. The van der Waals surface area contributed by atoms with E-state index >= 15 is 0 Å². The molecule has 0 amide bonds. The van der Waals surface area contributed by atoms with Gasteiger partial charge in [0.1, 0.15) is 23.8 Å². The molecule has 4 aromatic rings. The number of ether oxygens (including phenoxy) is 1. The fourth-order valence-electron chi connectivity index (χ4n) is 4.64. The van der Waals surface area contributed by atoms with Gasteiger partial charge in [0.2, 0.25) is 5.95 Å². The molecule has 1 unspecified atom stereocenters. The molecule has 0 saturated carbocycles. The first-order valence-corrected chi connectivity index (χ1v) is 10.7. The van der Waals surface area contributed by atoms with Crippen molar-refractivity contribution in [3.8, 4) is 5.95 Å². The van der Waals surface area contributed by atoms with Crippen LogP contribution in [-0.2, 0) is 4.74 Å². The molecular weight excluding hydrogens is 420 g/mol. The van der Waals surface area contributed by atoms with E-state index in [1.54, 1.807) is 15.2 Å². The normalized spacial score (nSPS) is 20.1. The van der Waals surface area contributed by atoms with Crippen molar-refractivity contribution < 1.29 is 13.5 Å². The van der Waals surface area contributed by atoms with Crippen LogP contribution >= 0.6 is 0 Å². The Morgan fingerprint density at radius 2 is 2.00 bits per heavy atom. The van der Waals surface area contributed by atoms with Crippen molar-refractivity contribution in [3.63, 3.8) is 0 Å². The summed E-state index contributed by atoms with van der Waals surface area (Å²) >= 11 is 0. The SMILES string of the molecule is O=c1[nH]c2c(N3CCC(F)C3)nc(-n3cnc4ccc(F)cc43)nc2n1C1CCOCC1. The van der Waals surface area contributed by atoms with Crippen LogP contribution in [0.5, 0.6) is 0 Å². The van der Waals surface area contributed by atoms with Crippen molar-refractivity contribution in [2.45, 2.75) is 31.5 Å². The third kappa shape index (κ3) is 3.07. The topological polar surface area (TPSA) is 93.9 Å². The van der Waals surface area contributed by atoms with Crippen molar-refractivity contribution in [3.05, 3.63) is 40.8 Å². The number of anilines is 1. The molecule has 1 aromatic carbocycles. The molecule has 0 aliphatic carbocycles. The molecule has 2 aliphatic heterocycles. The van der Waals surface area contributed by atoms with Crippen LogP contribution in [0.15, 0.2) is 29.3 Å². The second-order valence-corrected chi connectivity index (χ2v) is 8.27. The lowest BCUT2D eigenvalue weighted by molar-refractivity contribution is 0.0697. The number of hydrogen-bond donors (Lipinski definition) is 1. The number of imidazole rings is 2. The summed E-state index contributed by atoms with van der Waals surface area (Å²) in [6.45, 7) is 1.80. The first kappa shape index (κ1) is 19.4. The van der Waals surface area contributed by atoms with Gasteiger partial charge < -0.3 is 14.6 Å². The van der Waals surface area contributed by atoms with Gasteiger partial charge in [-0.3, -0.25) is 9.13 Å². The van der Waals surface area contributed by atoms with Crippen LogP contribution in [0.4, 0.5) is 14.6 Å². The number of aromatic amines is 1. The third-order valence-corrected chi connectivity index (χ3v) is 6.25. The van der Waals surface area contributed by atoms with Crippen LogP contribution in [0.25, 0.3) is 28.1 Å². The molecule has 166 valence electrons. The molecule has 6 rings (SSSR count). The predicted octanol–water partition coefficient (Wildman–Crippen LogP) is 2.50. The Bertz CT molecular complexity index is 1370. The van der Waals surface area contributed by atoms with Crippen LogP contribution in [-0.4, -0.2) is 61.5 Å². The standard InChI is InChI=1S/C21H21F2N7O2/c22-12-1-2-15-16(9-12)29(11-24-15)20-26-18(28-6-3-13(23)10-28)17-19(27-20)30(21(31)25-17)14-4-7-32-8-5-14/h1-2,9,11,13-14H,3-8,10H2,(H,25,31). The Hall–Kier alpha value is -3.34. The van der Waals surface area contributed by atoms with E-state index in [-0.39, 0.29) is 24.2 Å². The Morgan fingerprint density at radius 1 is 1.16 bits per heavy atom. The molecule has 2 fully saturated rings. The summed E-state index contributed by atoms with van der Waals surface area (Å²) in [5.74, 6) is 0.315. The highest BCUT2D eigenvalue weighted by Crippen LogP contribution is 2.30. The minimum absolute atomic E-state index is 0.0647. The molecule has 9 nitrogen and oxygen atoms in total. The monoisotopic (exact) mass is 441 g/mol. The lowest BCUT2D eigenvalue weighted by Gasteiger charge is -2.23. The highest BCUT2D eigenvalue weighted by atomic mass is 19.1. The number of nitrogens with zero attached hydrogens (tertiary/aromatic N) is 6. The van der Waals surface area contributed by atoms with Gasteiger partial charge in [-0.2, -0.15) is 9.97 Å². The van der Waals surface area contributed by atoms with Crippen molar-refractivity contribution in [1.29, 1.82) is 0 Å². The van der Waals surface area contributed by atoms with Crippen LogP contribution in [0, 0.1) is 5.82 Å². The van der Waals surface area contributed by atoms with E-state index in [0.717, 1.165) is 0 Å². The van der Waals surface area contributed by atoms with Crippen LogP contribution in [0.1, 0.15) is 25.3 Å². The van der Waals surface area contributed by atoms with E-state index in [0.29, 0.717) is 67.0 Å². The van der Waals surface area contributed by atoms with Crippen LogP contribution in [0.3, 0.4) is 0 Å². The van der Waals surface area contributed by atoms with E-state index in [9.17, 15) is 13.6 Å². The van der Waals surface area contributed by atoms with Crippen molar-refractivity contribution in [1.82, 2.24) is 29.1 Å². The molecule has 1 N–H and O–H groups in total. The predicted molar refractivity (Wildman–Crippen MR) is 114 cm³/mol. The number of rotatable bonds is 3. The van der Waals surface area contributed by atoms with Gasteiger partial charge in [-0.15, -0.1) is 0 Å². The maximum atomic E-state index is 14.0. The fraction of sp³-hybridized carbons (Fsp3) is 0.429. The highest BCUT2D eigenvalue weighted by molar-refractivity contribution is 5.85. The summed E-state index contributed by atoms with van der Waals surface area (Å²) < 4.78 is 36.7. The highest BCUT2D eigenvalue weighted by Gasteiger charge is 2.29. The first-order chi connectivity index (χ1) is 15.6. The number of alkyl halides is 1. The number of H-pyrrole nitrogens is 1. The quantitative estimate of drug-likeness (QED) is 0.525. The van der Waals surface area contributed by atoms with Crippen molar-refractivity contribution in [2.24, 2.45) is 0 Å². The molecule has 0 radical (unpaired) electrons. The summed E-state index contributed by atoms with van der Waals surface area (Å²) in [7, 11) is 0. The Labute approximate surface area is 180 Å². The number of nitrogens with one attached hydrogen (secondary N) is 1. The maximum absolute atomic E-state index is 14.0. The van der Waals surface area contributed by atoms with E-state index in [4.69, 9.17) is 9.72 Å². The number of hydrogen-bond acceptors (Lipinski definition) is 6. The van der Waals surface area contributed by atoms with E-state index in [1.807, 2.05) is 4.90 Å². The minimum atomic E-state index is -0.962. The number of benzene rings is 1. The average Bonchev–Trinajstić information content (AvgIpc) is 3.49. The zero-order valence-corrected chi connectivity index (χ0v) is 17.2. The zero-order valence-electron chi connectivity index (χ0n) is 17.2. The summed E-state index contributed by atoms with van der Waals surface area (Å²) in [4.78, 5) is 31.4. The smallest absolute Gasteiger partial charge is 0.328 e. The molecule has 2 aliphatic rings. The second-order valence-electron chi connectivity index (χ2n) is 8.27. The molecule has 32 heavy (non-hydrogen) atoms. The van der Waals surface area contributed by atoms with Crippen LogP contribution in [0.2, 0.25) is 0 Å². The van der Waals surface area contributed by atoms with E-state index in [1.165, 1.54) is 18.5 Å². The van der Waals surface area contributed by atoms with Gasteiger partial charge in [0.25, 0.3) is 0 Å². The van der Waals surface area contributed by atoms with Gasteiger partial charge in [0.05, 0.1) is 17.6 Å². The van der Waals surface area contributed by atoms with E-state index in [2.05, 4.69) is 15.0 Å². The van der Waals surface area contributed by atoms with Gasteiger partial charge in [0.15, 0.2) is 11.5 Å². The average molecular weight is 441 g/mol. The Morgan fingerprint density at radius 3 is 2.78 bits per heavy atom. The van der Waals surface area contributed by atoms with Gasteiger partial charge in [-0.25, -0.2) is 18.6 Å². The summed E-state index contributed by atoms with van der Waals surface area (Å²) in [5, 5.41) is 0. The van der Waals surface area contributed by atoms with Gasteiger partial charge in [-0.1, -0.05) is 0 Å². The van der Waals surface area contributed by atoms with Crippen molar-refractivity contribution in [2.75, 3.05) is 31.2 Å². The van der Waals surface area contributed by atoms with E-state index < -0.39 is 12.0 Å². The summed E-state index contributed by atoms with van der Waals surface area (Å²) in [6, 6.07) is 4.23. The second kappa shape index (κ2) is 7.37. The molecule has 0 bridgehead atoms. The van der Waals surface area contributed by atoms with Gasteiger partial charge in [0, 0.05) is 31.9 Å². The minimum Gasteiger partial charge on any atom is -0.381 e. The van der Waals surface area contributed by atoms with Gasteiger partial charge >= 0.3 is 5.69 Å². The first-order valence-electron chi connectivity index (χ1n) is 10.7. The molecule has 11 heteroatoms. The summed E-state index contributed by atoms with van der Waals surface area (Å²) in [5.41, 5.74) is 1.75. The lowest BCUT2D eigenvalue weighted by Crippen LogP contribution is -2.27. The summed E-state index contributed by atoms with van der Waals surface area (Å²) in [6.07, 6.45) is 2.34. The lowest BCUT2D eigenvalue weighted by atomic mass is 10.1. The number of fused-ring (bicyclic) bond motifs is 2. The molecular formula is C21H21F2N7O2. The zero-order chi connectivity index (χ0) is 21.8. The maximum Gasteiger partial charge on any atom is 0.328 e. The largest absolute Gasteiger partial charge is 0.381 e. The number of halogens is 2. The van der Waals surface area contributed by atoms with Crippen LogP contribution < -0.4 is 10.6 Å². The Kier molecular flexibility index (Phi) is 4.46. The van der Waals surface area contributed by atoms with Gasteiger partial charge in [-0.05, 0) is 31.4 Å². The molecule has 1 atom stereocenters. The fourth-order valence-corrected chi connectivity index (χ4v) is 4.64. The molecule has 0 spiro atoms. The third-order valence-electron chi connectivity index (χ3n) is 6.25.